The first kappa shape index (κ1) is 11.6. The molecule has 0 aliphatic heterocycles. The van der Waals surface area contributed by atoms with Gasteiger partial charge in [0, 0.05) is 5.92 Å². The standard InChI is InChI=1S/C10H15N5O2/c1-2-7-9(17)11-10(14-12-7)15-13-8(16)6-4-3-5-6/h6H,2-5H2,1H3,(H,13,16)(H2,11,14,15,17). The third kappa shape index (κ3) is 2.61. The predicted molar refractivity (Wildman–Crippen MR) is 61.1 cm³/mol. The summed E-state index contributed by atoms with van der Waals surface area (Å²) < 4.78 is 0. The van der Waals surface area contributed by atoms with Gasteiger partial charge in [-0.3, -0.25) is 25.4 Å². The van der Waals surface area contributed by atoms with Crippen LogP contribution >= 0.6 is 0 Å². The second-order valence-electron chi connectivity index (χ2n) is 4.05. The molecule has 1 fully saturated rings. The highest BCUT2D eigenvalue weighted by atomic mass is 16.2. The number of hydrogen-bond acceptors (Lipinski definition) is 5. The van der Waals surface area contributed by atoms with Crippen LogP contribution in [0.5, 0.6) is 0 Å². The molecule has 1 saturated carbocycles. The second-order valence-corrected chi connectivity index (χ2v) is 4.05. The van der Waals surface area contributed by atoms with Crippen LogP contribution in [0.3, 0.4) is 0 Å². The van der Waals surface area contributed by atoms with Crippen molar-refractivity contribution in [2.75, 3.05) is 5.43 Å². The molecule has 0 aromatic carbocycles. The molecular formula is C10H15N5O2. The van der Waals surface area contributed by atoms with E-state index in [0.29, 0.717) is 12.1 Å². The molecule has 0 radical (unpaired) electrons. The van der Waals surface area contributed by atoms with E-state index in [2.05, 4.69) is 26.0 Å². The van der Waals surface area contributed by atoms with Gasteiger partial charge in [-0.25, -0.2) is 0 Å². The highest BCUT2D eigenvalue weighted by Gasteiger charge is 2.25. The van der Waals surface area contributed by atoms with Gasteiger partial charge in [0.2, 0.25) is 11.9 Å². The lowest BCUT2D eigenvalue weighted by Gasteiger charge is -2.23. The van der Waals surface area contributed by atoms with E-state index in [1.807, 2.05) is 6.92 Å². The fourth-order valence-corrected chi connectivity index (χ4v) is 1.54. The molecule has 0 atom stereocenters. The number of aryl methyl sites for hydroxylation is 1. The topological polar surface area (TPSA) is 99.8 Å². The Kier molecular flexibility index (Phi) is 3.36. The normalized spacial score (nSPS) is 15.1. The van der Waals surface area contributed by atoms with Crippen molar-refractivity contribution in [1.82, 2.24) is 20.6 Å². The van der Waals surface area contributed by atoms with Crippen molar-refractivity contribution in [1.29, 1.82) is 0 Å². The van der Waals surface area contributed by atoms with E-state index in [1.54, 1.807) is 0 Å². The van der Waals surface area contributed by atoms with Gasteiger partial charge in [-0.15, -0.1) is 10.2 Å². The Morgan fingerprint density at radius 1 is 1.47 bits per heavy atom. The quantitative estimate of drug-likeness (QED) is 0.638. The highest BCUT2D eigenvalue weighted by molar-refractivity contribution is 5.80. The van der Waals surface area contributed by atoms with E-state index in [0.717, 1.165) is 19.3 Å². The highest BCUT2D eigenvalue weighted by Crippen LogP contribution is 2.25. The Balaban J connectivity index is 1.92. The molecule has 92 valence electrons. The zero-order chi connectivity index (χ0) is 12.3. The molecule has 1 heterocycles. The summed E-state index contributed by atoms with van der Waals surface area (Å²) in [7, 11) is 0. The lowest BCUT2D eigenvalue weighted by atomic mass is 9.85. The summed E-state index contributed by atoms with van der Waals surface area (Å²) in [6.07, 6.45) is 3.46. The van der Waals surface area contributed by atoms with Gasteiger partial charge in [-0.1, -0.05) is 13.3 Å². The fraction of sp³-hybridized carbons (Fsp3) is 0.600. The number of H-pyrrole nitrogens is 1. The van der Waals surface area contributed by atoms with E-state index in [4.69, 9.17) is 0 Å². The molecule has 1 aromatic rings. The van der Waals surface area contributed by atoms with Gasteiger partial charge in [-0.2, -0.15) is 0 Å². The zero-order valence-corrected chi connectivity index (χ0v) is 9.62. The number of nitrogens with zero attached hydrogens (tertiary/aromatic N) is 2. The van der Waals surface area contributed by atoms with E-state index < -0.39 is 0 Å². The van der Waals surface area contributed by atoms with Crippen molar-refractivity contribution in [2.45, 2.75) is 32.6 Å². The van der Waals surface area contributed by atoms with Crippen molar-refractivity contribution >= 4 is 11.9 Å². The van der Waals surface area contributed by atoms with Crippen LogP contribution in [0.15, 0.2) is 4.79 Å². The SMILES string of the molecule is CCc1nnc(NNC(=O)C2CCC2)[nH]c1=O. The molecule has 7 nitrogen and oxygen atoms in total. The van der Waals surface area contributed by atoms with Crippen LogP contribution < -0.4 is 16.4 Å². The van der Waals surface area contributed by atoms with Crippen LogP contribution in [0.4, 0.5) is 5.95 Å². The van der Waals surface area contributed by atoms with E-state index in [1.165, 1.54) is 0 Å². The molecular weight excluding hydrogens is 222 g/mol. The van der Waals surface area contributed by atoms with Crippen LogP contribution in [-0.2, 0) is 11.2 Å². The number of anilines is 1. The first-order valence-corrected chi connectivity index (χ1v) is 5.72. The summed E-state index contributed by atoms with van der Waals surface area (Å²) in [5.74, 6) is 0.162. The smallest absolute Gasteiger partial charge is 0.274 e. The van der Waals surface area contributed by atoms with Crippen LogP contribution in [0.25, 0.3) is 0 Å². The Morgan fingerprint density at radius 3 is 2.76 bits per heavy atom. The Hall–Kier alpha value is -1.92. The van der Waals surface area contributed by atoms with Crippen molar-refractivity contribution < 1.29 is 4.79 Å². The van der Waals surface area contributed by atoms with Crippen LogP contribution in [-0.4, -0.2) is 21.1 Å². The molecule has 1 aliphatic carbocycles. The summed E-state index contributed by atoms with van der Waals surface area (Å²) in [4.78, 5) is 25.4. The largest absolute Gasteiger partial charge is 0.288 e. The Bertz CT molecular complexity index is 466. The van der Waals surface area contributed by atoms with E-state index in [-0.39, 0.29) is 23.3 Å². The molecule has 1 aliphatic rings. The average Bonchev–Trinajstić information content (AvgIpc) is 2.24. The van der Waals surface area contributed by atoms with Crippen LogP contribution in [0.1, 0.15) is 31.9 Å². The number of nitrogens with one attached hydrogen (secondary N) is 3. The molecule has 0 spiro atoms. The van der Waals surface area contributed by atoms with Gasteiger partial charge < -0.3 is 0 Å². The third-order valence-corrected chi connectivity index (χ3v) is 2.88. The minimum absolute atomic E-state index is 0.0709. The molecule has 17 heavy (non-hydrogen) atoms. The minimum Gasteiger partial charge on any atom is -0.288 e. The van der Waals surface area contributed by atoms with Crippen LogP contribution in [0.2, 0.25) is 0 Å². The number of hydrogen-bond donors (Lipinski definition) is 3. The molecule has 1 aromatic heterocycles. The van der Waals surface area contributed by atoms with Gasteiger partial charge in [0.1, 0.15) is 5.69 Å². The second kappa shape index (κ2) is 4.94. The molecule has 1 amide bonds. The van der Waals surface area contributed by atoms with Gasteiger partial charge in [0.05, 0.1) is 0 Å². The minimum atomic E-state index is -0.289. The number of aromatic amines is 1. The monoisotopic (exact) mass is 237 g/mol. The lowest BCUT2D eigenvalue weighted by molar-refractivity contribution is -0.126. The van der Waals surface area contributed by atoms with E-state index in [9.17, 15) is 9.59 Å². The van der Waals surface area contributed by atoms with Crippen molar-refractivity contribution in [3.63, 3.8) is 0 Å². The maximum atomic E-state index is 11.5. The molecule has 0 unspecified atom stereocenters. The molecule has 7 heteroatoms. The van der Waals surface area contributed by atoms with Crippen molar-refractivity contribution in [3.8, 4) is 0 Å². The molecule has 0 saturated heterocycles. The first-order valence-electron chi connectivity index (χ1n) is 5.72. The Morgan fingerprint density at radius 2 is 2.24 bits per heavy atom. The fourth-order valence-electron chi connectivity index (χ4n) is 1.54. The summed E-state index contributed by atoms with van der Waals surface area (Å²) in [6, 6.07) is 0. The number of carbonyl (C=O) groups is 1. The number of carbonyl (C=O) groups excluding carboxylic acids is 1. The summed E-state index contributed by atoms with van der Waals surface area (Å²) in [5.41, 5.74) is 5.15. The first-order chi connectivity index (χ1) is 8.20. The number of amides is 1. The molecule has 2 rings (SSSR count). The third-order valence-electron chi connectivity index (χ3n) is 2.88. The van der Waals surface area contributed by atoms with E-state index >= 15 is 0 Å². The lowest BCUT2D eigenvalue weighted by Crippen LogP contribution is -2.39. The summed E-state index contributed by atoms with van der Waals surface area (Å²) in [6.45, 7) is 1.82. The van der Waals surface area contributed by atoms with Gasteiger partial charge in [-0.05, 0) is 19.3 Å². The number of aromatic nitrogens is 3. The maximum absolute atomic E-state index is 11.5. The average molecular weight is 237 g/mol. The zero-order valence-electron chi connectivity index (χ0n) is 9.62. The van der Waals surface area contributed by atoms with Gasteiger partial charge in [0.25, 0.3) is 5.56 Å². The molecule has 0 bridgehead atoms. The predicted octanol–water partition coefficient (Wildman–Crippen LogP) is -0.0295. The van der Waals surface area contributed by atoms with Gasteiger partial charge >= 0.3 is 0 Å². The Labute approximate surface area is 98.0 Å². The maximum Gasteiger partial charge on any atom is 0.274 e. The summed E-state index contributed by atoms with van der Waals surface area (Å²) >= 11 is 0. The van der Waals surface area contributed by atoms with Gasteiger partial charge in [0.15, 0.2) is 0 Å². The summed E-state index contributed by atoms with van der Waals surface area (Å²) in [5, 5.41) is 7.50. The van der Waals surface area contributed by atoms with Crippen LogP contribution in [0, 0.1) is 5.92 Å². The number of rotatable bonds is 4. The van der Waals surface area contributed by atoms with Crippen molar-refractivity contribution in [3.05, 3.63) is 16.0 Å². The van der Waals surface area contributed by atoms with Crippen molar-refractivity contribution in [2.24, 2.45) is 5.92 Å². The number of hydrazine groups is 1. The molecule has 3 N–H and O–H groups in total.